The molecule has 0 amide bonds. The molecule has 0 fully saturated rings. The molecule has 3 heteroatoms. The van der Waals surface area contributed by atoms with Crippen LogP contribution in [0.4, 0.5) is 0 Å². The third-order valence-corrected chi connectivity index (χ3v) is 2.22. The average molecular weight is 386 g/mol. The van der Waals surface area contributed by atoms with Crippen LogP contribution < -0.4 is 0 Å². The number of hydrogen-bond donors (Lipinski definition) is 2. The van der Waals surface area contributed by atoms with Crippen molar-refractivity contribution in [1.29, 1.82) is 0 Å². The molecule has 0 aliphatic carbocycles. The van der Waals surface area contributed by atoms with Gasteiger partial charge < -0.3 is 10.2 Å². The SMILES string of the molecule is CC(O)CC(O)CCc1ccccc1.[Ir]. The molecule has 2 unspecified atom stereocenters. The van der Waals surface area contributed by atoms with Gasteiger partial charge in [-0.15, -0.1) is 0 Å². The quantitative estimate of drug-likeness (QED) is 0.810. The zero-order chi connectivity index (χ0) is 10.4. The van der Waals surface area contributed by atoms with Gasteiger partial charge in [-0.3, -0.25) is 0 Å². The molecule has 0 aliphatic heterocycles. The van der Waals surface area contributed by atoms with Gasteiger partial charge in [0.05, 0.1) is 12.2 Å². The minimum Gasteiger partial charge on any atom is -0.393 e. The van der Waals surface area contributed by atoms with Gasteiger partial charge in [-0.25, -0.2) is 0 Å². The van der Waals surface area contributed by atoms with Crippen LogP contribution in [-0.2, 0) is 26.5 Å². The van der Waals surface area contributed by atoms with Crippen LogP contribution in [0.2, 0.25) is 0 Å². The fourth-order valence-corrected chi connectivity index (χ4v) is 1.49. The molecule has 0 aromatic heterocycles. The van der Waals surface area contributed by atoms with E-state index in [0.717, 1.165) is 12.8 Å². The second-order valence-electron chi connectivity index (χ2n) is 3.76. The number of aryl methyl sites for hydroxylation is 1. The van der Waals surface area contributed by atoms with Gasteiger partial charge in [0.15, 0.2) is 0 Å². The molecule has 1 rings (SSSR count). The largest absolute Gasteiger partial charge is 0.393 e. The van der Waals surface area contributed by atoms with Crippen molar-refractivity contribution in [3.8, 4) is 0 Å². The van der Waals surface area contributed by atoms with Gasteiger partial charge >= 0.3 is 0 Å². The monoisotopic (exact) mass is 387 g/mol. The molecule has 2 N–H and O–H groups in total. The smallest absolute Gasteiger partial charge is 0.0567 e. The van der Waals surface area contributed by atoms with Crippen LogP contribution in [-0.4, -0.2) is 22.4 Å². The van der Waals surface area contributed by atoms with Gasteiger partial charge in [0.25, 0.3) is 0 Å². The normalized spacial score (nSPS) is 14.1. The number of aliphatic hydroxyl groups excluding tert-OH is 2. The Kier molecular flexibility index (Phi) is 7.89. The first-order valence-corrected chi connectivity index (χ1v) is 5.08. The van der Waals surface area contributed by atoms with Crippen molar-refractivity contribution in [2.45, 2.75) is 38.4 Å². The van der Waals surface area contributed by atoms with E-state index >= 15 is 0 Å². The van der Waals surface area contributed by atoms with E-state index in [1.165, 1.54) is 5.56 Å². The first-order chi connectivity index (χ1) is 6.68. The Balaban J connectivity index is 0.00000196. The minimum atomic E-state index is -0.416. The standard InChI is InChI=1S/C12H18O2.Ir/c1-10(13)9-12(14)8-7-11-5-3-2-4-6-11;/h2-6,10,12-14H,7-9H2,1H3;. The molecule has 2 nitrogen and oxygen atoms in total. The summed E-state index contributed by atoms with van der Waals surface area (Å²) in [5.74, 6) is 0. The fraction of sp³-hybridized carbons (Fsp3) is 0.500. The summed E-state index contributed by atoms with van der Waals surface area (Å²) < 4.78 is 0. The molecular formula is C12H18IrO2. The van der Waals surface area contributed by atoms with Crippen molar-refractivity contribution in [2.24, 2.45) is 0 Å². The van der Waals surface area contributed by atoms with Crippen molar-refractivity contribution in [3.63, 3.8) is 0 Å². The van der Waals surface area contributed by atoms with Gasteiger partial charge in [-0.1, -0.05) is 30.3 Å². The van der Waals surface area contributed by atoms with Crippen molar-refractivity contribution >= 4 is 0 Å². The molecule has 0 heterocycles. The van der Waals surface area contributed by atoms with Crippen LogP contribution in [0, 0.1) is 0 Å². The molecule has 0 aliphatic rings. The van der Waals surface area contributed by atoms with Crippen LogP contribution >= 0.6 is 0 Å². The predicted octanol–water partition coefficient (Wildman–Crippen LogP) is 1.75. The van der Waals surface area contributed by atoms with Crippen LogP contribution in [0.1, 0.15) is 25.3 Å². The number of hydrogen-bond acceptors (Lipinski definition) is 2. The summed E-state index contributed by atoms with van der Waals surface area (Å²) in [5.41, 5.74) is 1.23. The molecule has 0 saturated carbocycles. The molecule has 0 saturated heterocycles. The molecule has 1 aromatic carbocycles. The number of aliphatic hydroxyl groups is 2. The van der Waals surface area contributed by atoms with E-state index < -0.39 is 12.2 Å². The van der Waals surface area contributed by atoms with Gasteiger partial charge in [-0.2, -0.15) is 0 Å². The Bertz CT molecular complexity index is 249. The van der Waals surface area contributed by atoms with E-state index in [2.05, 4.69) is 12.1 Å². The topological polar surface area (TPSA) is 40.5 Å². The molecule has 0 bridgehead atoms. The minimum absolute atomic E-state index is 0. The molecule has 87 valence electrons. The maximum atomic E-state index is 9.52. The van der Waals surface area contributed by atoms with E-state index in [9.17, 15) is 5.11 Å². The van der Waals surface area contributed by atoms with Crippen LogP contribution in [0.5, 0.6) is 0 Å². The summed E-state index contributed by atoms with van der Waals surface area (Å²) in [5, 5.41) is 18.6. The second kappa shape index (κ2) is 8.00. The van der Waals surface area contributed by atoms with Crippen LogP contribution in [0.3, 0.4) is 0 Å². The number of rotatable bonds is 5. The summed E-state index contributed by atoms with van der Waals surface area (Å²) in [7, 11) is 0. The van der Waals surface area contributed by atoms with Crippen molar-refractivity contribution in [2.75, 3.05) is 0 Å². The maximum absolute atomic E-state index is 9.52. The molecule has 2 atom stereocenters. The van der Waals surface area contributed by atoms with Crippen molar-refractivity contribution in [3.05, 3.63) is 35.9 Å². The third-order valence-electron chi connectivity index (χ3n) is 2.22. The van der Waals surface area contributed by atoms with Crippen LogP contribution in [0.15, 0.2) is 30.3 Å². The summed E-state index contributed by atoms with van der Waals surface area (Å²) in [4.78, 5) is 0. The van der Waals surface area contributed by atoms with Crippen molar-refractivity contribution < 1.29 is 30.3 Å². The summed E-state index contributed by atoms with van der Waals surface area (Å²) in [6.45, 7) is 1.70. The van der Waals surface area contributed by atoms with Gasteiger partial charge in [0.1, 0.15) is 0 Å². The second-order valence-corrected chi connectivity index (χ2v) is 3.76. The molecule has 15 heavy (non-hydrogen) atoms. The molecule has 1 radical (unpaired) electrons. The summed E-state index contributed by atoms with van der Waals surface area (Å²) in [6.07, 6.45) is 1.24. The molecule has 0 spiro atoms. The third kappa shape index (κ3) is 6.80. The molecular weight excluding hydrogens is 368 g/mol. The Morgan fingerprint density at radius 2 is 1.73 bits per heavy atom. The first kappa shape index (κ1) is 14.8. The zero-order valence-corrected chi connectivity index (χ0v) is 11.3. The van der Waals surface area contributed by atoms with E-state index in [1.54, 1.807) is 6.92 Å². The van der Waals surface area contributed by atoms with Gasteiger partial charge in [0, 0.05) is 20.1 Å². The Hall–Kier alpha value is -0.211. The summed E-state index contributed by atoms with van der Waals surface area (Å²) >= 11 is 0. The molecule has 1 aromatic rings. The predicted molar refractivity (Wildman–Crippen MR) is 57.1 cm³/mol. The fourth-order valence-electron chi connectivity index (χ4n) is 1.49. The Morgan fingerprint density at radius 1 is 1.13 bits per heavy atom. The zero-order valence-electron chi connectivity index (χ0n) is 8.89. The first-order valence-electron chi connectivity index (χ1n) is 5.08. The van der Waals surface area contributed by atoms with Crippen molar-refractivity contribution in [1.82, 2.24) is 0 Å². The van der Waals surface area contributed by atoms with Crippen LogP contribution in [0.25, 0.3) is 0 Å². The average Bonchev–Trinajstić information content (AvgIpc) is 2.15. The van der Waals surface area contributed by atoms with E-state index in [0.29, 0.717) is 6.42 Å². The Labute approximate surface area is 105 Å². The van der Waals surface area contributed by atoms with E-state index in [-0.39, 0.29) is 20.1 Å². The van der Waals surface area contributed by atoms with Gasteiger partial charge in [0.2, 0.25) is 0 Å². The van der Waals surface area contributed by atoms with E-state index in [4.69, 9.17) is 5.11 Å². The summed E-state index contributed by atoms with van der Waals surface area (Å²) in [6, 6.07) is 10.1. The van der Waals surface area contributed by atoms with Gasteiger partial charge in [-0.05, 0) is 31.7 Å². The maximum Gasteiger partial charge on any atom is 0.0567 e. The Morgan fingerprint density at radius 3 is 2.27 bits per heavy atom. The number of benzene rings is 1. The van der Waals surface area contributed by atoms with E-state index in [1.807, 2.05) is 18.2 Å².